The number of methoxy groups -OCH3 is 1. The predicted molar refractivity (Wildman–Crippen MR) is 198 cm³/mol. The number of amides is 4. The molecule has 0 bridgehead atoms. The lowest BCUT2D eigenvalue weighted by Gasteiger charge is -2.30. The molecule has 1 unspecified atom stereocenters. The number of likely N-dealkylation sites (tertiary alicyclic amines) is 2. The van der Waals surface area contributed by atoms with Crippen molar-refractivity contribution < 1.29 is 28.7 Å². The topological polar surface area (TPSA) is 189 Å². The SMILES string of the molecule is CCC[C@H](OC(N)=O)C(=O)N1CCC[C@H]1c1ncc(-c2ccc(-c3ccc(-c4cnc(C5CCCN5C(=O)[C@@H](NC(=O)OC)C(C)C)[nH]4)cc3)cc2)[nH]1. The predicted octanol–water partition coefficient (Wildman–Crippen LogP) is 6.11. The Kier molecular flexibility index (Phi) is 11.4. The van der Waals surface area contributed by atoms with Gasteiger partial charge in [0, 0.05) is 13.1 Å². The second-order valence-electron chi connectivity index (χ2n) is 14.0. The van der Waals surface area contributed by atoms with E-state index in [0.29, 0.717) is 31.8 Å². The van der Waals surface area contributed by atoms with E-state index in [1.807, 2.05) is 45.0 Å². The van der Waals surface area contributed by atoms with Crippen molar-refractivity contribution in [2.75, 3.05) is 20.2 Å². The summed E-state index contributed by atoms with van der Waals surface area (Å²) in [5.41, 5.74) is 11.0. The van der Waals surface area contributed by atoms with Crippen molar-refractivity contribution in [2.45, 2.75) is 83.5 Å². The quantitative estimate of drug-likeness (QED) is 0.135. The minimum Gasteiger partial charge on any atom is -0.453 e. The fraction of sp³-hybridized carbons (Fsp3) is 0.436. The number of imidazole rings is 2. The molecule has 4 amide bonds. The van der Waals surface area contributed by atoms with Crippen LogP contribution < -0.4 is 11.1 Å². The van der Waals surface area contributed by atoms with Crippen molar-refractivity contribution in [1.82, 2.24) is 35.1 Å². The van der Waals surface area contributed by atoms with Crippen LogP contribution in [0, 0.1) is 5.92 Å². The van der Waals surface area contributed by atoms with E-state index in [1.165, 1.54) is 7.11 Å². The number of nitrogens with two attached hydrogens (primary N) is 1. The molecular weight excluding hydrogens is 676 g/mol. The third kappa shape index (κ3) is 8.21. The number of aromatic nitrogens is 4. The molecule has 2 aromatic carbocycles. The summed E-state index contributed by atoms with van der Waals surface area (Å²) >= 11 is 0. The number of alkyl carbamates (subject to hydrolysis) is 1. The third-order valence-corrected chi connectivity index (χ3v) is 10.1. The van der Waals surface area contributed by atoms with Gasteiger partial charge < -0.3 is 40.3 Å². The fourth-order valence-electron chi connectivity index (χ4n) is 7.32. The van der Waals surface area contributed by atoms with Gasteiger partial charge in [0.15, 0.2) is 6.10 Å². The van der Waals surface area contributed by atoms with Gasteiger partial charge >= 0.3 is 12.2 Å². The van der Waals surface area contributed by atoms with Gasteiger partial charge in [-0.15, -0.1) is 0 Å². The van der Waals surface area contributed by atoms with Crippen LogP contribution in [0.1, 0.15) is 83.0 Å². The Morgan fingerprint density at radius 1 is 0.811 bits per heavy atom. The molecule has 280 valence electrons. The van der Waals surface area contributed by atoms with E-state index < -0.39 is 24.3 Å². The number of rotatable bonds is 12. The van der Waals surface area contributed by atoms with Crippen LogP contribution in [0.3, 0.4) is 0 Å². The second-order valence-corrected chi connectivity index (χ2v) is 14.0. The number of carbonyl (C=O) groups is 4. The van der Waals surface area contributed by atoms with E-state index in [9.17, 15) is 19.2 Å². The molecule has 53 heavy (non-hydrogen) atoms. The van der Waals surface area contributed by atoms with Gasteiger partial charge in [-0.1, -0.05) is 75.7 Å². The molecule has 2 aliphatic heterocycles. The number of H-pyrrole nitrogens is 2. The largest absolute Gasteiger partial charge is 0.453 e. The number of nitrogens with zero attached hydrogens (tertiary/aromatic N) is 4. The molecule has 4 atom stereocenters. The standard InChI is InChI=1S/C39H48N8O6/c1-5-8-32(53-38(40)50)36(48)46-19-6-9-30(46)34-41-21-28(43-34)26-15-11-24(12-16-26)25-13-17-27(18-14-25)29-22-42-35(44-29)31-10-7-20-47(31)37(49)33(23(2)3)45-39(51)52-4/h11-18,21-23,30-33H,5-10,19-20H2,1-4H3,(H2,40,50)(H,41,43)(H,42,44)(H,45,51)/t30-,31?,32-,33-/m0/s1. The van der Waals surface area contributed by atoms with Gasteiger partial charge in [0.2, 0.25) is 5.91 Å². The van der Waals surface area contributed by atoms with Crippen LogP contribution in [0.25, 0.3) is 33.6 Å². The van der Waals surface area contributed by atoms with Gasteiger partial charge in [0.05, 0.1) is 43.0 Å². The van der Waals surface area contributed by atoms with E-state index in [1.54, 1.807) is 22.2 Å². The Labute approximate surface area is 308 Å². The number of nitrogens with one attached hydrogen (secondary N) is 3. The molecule has 2 saturated heterocycles. The van der Waals surface area contributed by atoms with Gasteiger partial charge in [-0.05, 0) is 60.3 Å². The zero-order valence-corrected chi connectivity index (χ0v) is 30.6. The van der Waals surface area contributed by atoms with Gasteiger partial charge in [0.25, 0.3) is 5.91 Å². The minimum atomic E-state index is -0.949. The molecular formula is C39H48N8O6. The van der Waals surface area contributed by atoms with Gasteiger partial charge in [-0.3, -0.25) is 9.59 Å². The van der Waals surface area contributed by atoms with Crippen LogP contribution in [-0.4, -0.2) is 86.1 Å². The number of aromatic amines is 2. The van der Waals surface area contributed by atoms with Crippen LogP contribution >= 0.6 is 0 Å². The first-order valence-electron chi connectivity index (χ1n) is 18.3. The highest BCUT2D eigenvalue weighted by atomic mass is 16.6. The lowest BCUT2D eigenvalue weighted by atomic mass is 10.0. The first-order valence-corrected chi connectivity index (χ1v) is 18.3. The molecule has 0 aliphatic carbocycles. The van der Waals surface area contributed by atoms with E-state index in [-0.39, 0.29) is 29.8 Å². The molecule has 4 aromatic rings. The van der Waals surface area contributed by atoms with Crippen molar-refractivity contribution in [3.63, 3.8) is 0 Å². The van der Waals surface area contributed by atoms with Crippen LogP contribution in [0.15, 0.2) is 60.9 Å². The number of benzene rings is 2. The normalized spacial score (nSPS) is 18.2. The molecule has 14 heteroatoms. The lowest BCUT2D eigenvalue weighted by molar-refractivity contribution is -0.141. The molecule has 0 spiro atoms. The van der Waals surface area contributed by atoms with E-state index >= 15 is 0 Å². The number of carbonyl (C=O) groups excluding carboxylic acids is 4. The molecule has 2 aliphatic rings. The van der Waals surface area contributed by atoms with Crippen molar-refractivity contribution >= 4 is 24.0 Å². The summed E-state index contributed by atoms with van der Waals surface area (Å²) < 4.78 is 9.89. The highest BCUT2D eigenvalue weighted by Crippen LogP contribution is 2.35. The summed E-state index contributed by atoms with van der Waals surface area (Å²) in [6, 6.07) is 15.3. The zero-order valence-electron chi connectivity index (χ0n) is 30.6. The number of hydrogen-bond donors (Lipinski definition) is 4. The Morgan fingerprint density at radius 3 is 1.72 bits per heavy atom. The number of hydrogen-bond acceptors (Lipinski definition) is 8. The van der Waals surface area contributed by atoms with E-state index in [0.717, 1.165) is 65.1 Å². The molecule has 14 nitrogen and oxygen atoms in total. The van der Waals surface area contributed by atoms with E-state index in [4.69, 9.17) is 15.2 Å². The maximum atomic E-state index is 13.5. The van der Waals surface area contributed by atoms with Crippen LogP contribution in [0.5, 0.6) is 0 Å². The Balaban J connectivity index is 1.10. The van der Waals surface area contributed by atoms with Crippen molar-refractivity contribution in [3.8, 4) is 33.6 Å². The summed E-state index contributed by atoms with van der Waals surface area (Å²) in [5.74, 6) is 0.929. The fourth-order valence-corrected chi connectivity index (χ4v) is 7.32. The Bertz CT molecular complexity index is 1900. The molecule has 6 rings (SSSR count). The maximum absolute atomic E-state index is 13.5. The molecule has 5 N–H and O–H groups in total. The van der Waals surface area contributed by atoms with Gasteiger partial charge in [-0.25, -0.2) is 19.6 Å². The summed E-state index contributed by atoms with van der Waals surface area (Å²) in [6.45, 7) is 6.88. The second kappa shape index (κ2) is 16.3. The van der Waals surface area contributed by atoms with Crippen molar-refractivity contribution in [1.29, 1.82) is 0 Å². The smallest absolute Gasteiger partial charge is 0.407 e. The van der Waals surface area contributed by atoms with Crippen molar-refractivity contribution in [3.05, 3.63) is 72.6 Å². The summed E-state index contributed by atoms with van der Waals surface area (Å²) in [5, 5.41) is 2.69. The van der Waals surface area contributed by atoms with Crippen molar-refractivity contribution in [2.24, 2.45) is 11.7 Å². The number of primary amides is 1. The van der Waals surface area contributed by atoms with Crippen LogP contribution in [-0.2, 0) is 19.1 Å². The Morgan fingerprint density at radius 2 is 1.28 bits per heavy atom. The third-order valence-electron chi connectivity index (χ3n) is 10.1. The first kappa shape index (κ1) is 37.1. The molecule has 4 heterocycles. The average molecular weight is 725 g/mol. The van der Waals surface area contributed by atoms with Gasteiger partial charge in [-0.2, -0.15) is 0 Å². The minimum absolute atomic E-state index is 0.105. The summed E-state index contributed by atoms with van der Waals surface area (Å²) in [6.07, 6.45) is 5.42. The van der Waals surface area contributed by atoms with E-state index in [2.05, 4.69) is 49.5 Å². The van der Waals surface area contributed by atoms with Crippen LogP contribution in [0.4, 0.5) is 9.59 Å². The molecule has 0 radical (unpaired) electrons. The Hall–Kier alpha value is -5.66. The van der Waals surface area contributed by atoms with Gasteiger partial charge in [0.1, 0.15) is 17.7 Å². The average Bonchev–Trinajstić information content (AvgIpc) is 3.99. The monoisotopic (exact) mass is 724 g/mol. The number of ether oxygens (including phenoxy) is 2. The highest BCUT2D eigenvalue weighted by molar-refractivity contribution is 5.86. The molecule has 2 fully saturated rings. The van der Waals surface area contributed by atoms with Crippen LogP contribution in [0.2, 0.25) is 0 Å². The highest BCUT2D eigenvalue weighted by Gasteiger charge is 2.38. The first-order chi connectivity index (χ1) is 25.6. The zero-order chi connectivity index (χ0) is 37.6. The molecule has 0 saturated carbocycles. The molecule has 2 aromatic heterocycles. The maximum Gasteiger partial charge on any atom is 0.407 e. The summed E-state index contributed by atoms with van der Waals surface area (Å²) in [7, 11) is 1.29. The lowest BCUT2D eigenvalue weighted by Crippen LogP contribution is -2.51. The summed E-state index contributed by atoms with van der Waals surface area (Å²) in [4.78, 5) is 69.8.